The Bertz CT molecular complexity index is 370. The predicted molar refractivity (Wildman–Crippen MR) is 72.0 cm³/mol. The van der Waals surface area contributed by atoms with Gasteiger partial charge in [-0.05, 0) is 43.4 Å². The van der Waals surface area contributed by atoms with E-state index in [0.717, 1.165) is 54.7 Å². The highest BCUT2D eigenvalue weighted by Gasteiger charge is 2.13. The first-order valence-electron chi connectivity index (χ1n) is 6.62. The molecule has 0 aromatic heterocycles. The zero-order chi connectivity index (χ0) is 12.8. The van der Waals surface area contributed by atoms with Crippen molar-refractivity contribution in [3.63, 3.8) is 0 Å². The number of hydrogen-bond acceptors (Lipinski definition) is 2. The SMILES string of the molecule is CCCCOc1c(CC)cc(O)c(CC)c1C. The van der Waals surface area contributed by atoms with E-state index in [0.29, 0.717) is 5.75 Å². The van der Waals surface area contributed by atoms with Crippen molar-refractivity contribution < 1.29 is 9.84 Å². The molecule has 1 aromatic carbocycles. The maximum Gasteiger partial charge on any atom is 0.125 e. The van der Waals surface area contributed by atoms with Gasteiger partial charge in [0, 0.05) is 5.56 Å². The summed E-state index contributed by atoms with van der Waals surface area (Å²) in [7, 11) is 0. The number of aromatic hydroxyl groups is 1. The van der Waals surface area contributed by atoms with E-state index >= 15 is 0 Å². The average Bonchev–Trinajstić information content (AvgIpc) is 2.32. The molecule has 0 radical (unpaired) electrons. The predicted octanol–water partition coefficient (Wildman–Crippen LogP) is 4.00. The summed E-state index contributed by atoms with van der Waals surface area (Å²) < 4.78 is 5.89. The van der Waals surface area contributed by atoms with Gasteiger partial charge < -0.3 is 9.84 Å². The minimum atomic E-state index is 0.407. The largest absolute Gasteiger partial charge is 0.508 e. The van der Waals surface area contributed by atoms with Gasteiger partial charge >= 0.3 is 0 Å². The monoisotopic (exact) mass is 236 g/mol. The zero-order valence-electron chi connectivity index (χ0n) is 11.5. The number of hydrogen-bond donors (Lipinski definition) is 1. The van der Waals surface area contributed by atoms with Crippen LogP contribution in [0.5, 0.6) is 11.5 Å². The minimum absolute atomic E-state index is 0.407. The van der Waals surface area contributed by atoms with Crippen molar-refractivity contribution in [2.24, 2.45) is 0 Å². The lowest BCUT2D eigenvalue weighted by Crippen LogP contribution is -2.03. The van der Waals surface area contributed by atoms with Crippen LogP contribution in [-0.2, 0) is 12.8 Å². The molecule has 0 aliphatic rings. The zero-order valence-corrected chi connectivity index (χ0v) is 11.5. The Balaban J connectivity index is 3.06. The third-order valence-corrected chi connectivity index (χ3v) is 3.18. The molecule has 0 saturated heterocycles. The normalized spacial score (nSPS) is 10.6. The fraction of sp³-hybridized carbons (Fsp3) is 0.600. The van der Waals surface area contributed by atoms with Crippen LogP contribution in [0, 0.1) is 6.92 Å². The summed E-state index contributed by atoms with van der Waals surface area (Å²) in [5.74, 6) is 1.39. The van der Waals surface area contributed by atoms with Crippen LogP contribution < -0.4 is 4.74 Å². The van der Waals surface area contributed by atoms with E-state index in [1.54, 1.807) is 0 Å². The highest BCUT2D eigenvalue weighted by Crippen LogP contribution is 2.34. The van der Waals surface area contributed by atoms with E-state index < -0.39 is 0 Å². The van der Waals surface area contributed by atoms with Crippen LogP contribution in [0.15, 0.2) is 6.07 Å². The molecule has 17 heavy (non-hydrogen) atoms. The third kappa shape index (κ3) is 3.15. The Morgan fingerprint density at radius 2 is 1.88 bits per heavy atom. The molecule has 0 amide bonds. The molecule has 1 N–H and O–H groups in total. The Morgan fingerprint density at radius 1 is 1.18 bits per heavy atom. The quantitative estimate of drug-likeness (QED) is 0.756. The summed E-state index contributed by atoms with van der Waals surface area (Å²) in [5, 5.41) is 9.94. The Kier molecular flexibility index (Phi) is 5.33. The van der Waals surface area contributed by atoms with E-state index in [9.17, 15) is 5.11 Å². The molecule has 2 nitrogen and oxygen atoms in total. The van der Waals surface area contributed by atoms with Gasteiger partial charge in [0.1, 0.15) is 11.5 Å². The fourth-order valence-corrected chi connectivity index (χ4v) is 2.12. The number of aryl methyl sites for hydroxylation is 1. The van der Waals surface area contributed by atoms with Gasteiger partial charge in [0.05, 0.1) is 6.61 Å². The first-order valence-corrected chi connectivity index (χ1v) is 6.62. The van der Waals surface area contributed by atoms with Gasteiger partial charge in [-0.25, -0.2) is 0 Å². The molecule has 0 unspecified atom stereocenters. The van der Waals surface area contributed by atoms with Crippen molar-refractivity contribution in [1.29, 1.82) is 0 Å². The Morgan fingerprint density at radius 3 is 2.41 bits per heavy atom. The summed E-state index contributed by atoms with van der Waals surface area (Å²) in [6.45, 7) is 9.11. The van der Waals surface area contributed by atoms with Crippen LogP contribution in [0.2, 0.25) is 0 Å². The van der Waals surface area contributed by atoms with Crippen molar-refractivity contribution >= 4 is 0 Å². The van der Waals surface area contributed by atoms with Crippen LogP contribution in [0.3, 0.4) is 0 Å². The summed E-state index contributed by atoms with van der Waals surface area (Å²) in [5.41, 5.74) is 3.21. The summed E-state index contributed by atoms with van der Waals surface area (Å²) in [6.07, 6.45) is 3.94. The minimum Gasteiger partial charge on any atom is -0.508 e. The molecular weight excluding hydrogens is 212 g/mol. The van der Waals surface area contributed by atoms with Crippen LogP contribution in [0.25, 0.3) is 0 Å². The molecule has 0 saturated carbocycles. The number of phenols is 1. The van der Waals surface area contributed by atoms with Crippen molar-refractivity contribution in [2.45, 2.75) is 53.4 Å². The van der Waals surface area contributed by atoms with Crippen LogP contribution in [0.1, 0.15) is 50.3 Å². The standard InChI is InChI=1S/C15H24O2/c1-5-8-9-17-15-11(4)13(7-3)14(16)10-12(15)6-2/h10,16H,5-9H2,1-4H3. The molecule has 2 heteroatoms. The topological polar surface area (TPSA) is 29.5 Å². The lowest BCUT2D eigenvalue weighted by molar-refractivity contribution is 0.303. The highest BCUT2D eigenvalue weighted by atomic mass is 16.5. The van der Waals surface area contributed by atoms with E-state index in [-0.39, 0.29) is 0 Å². The Hall–Kier alpha value is -1.18. The van der Waals surface area contributed by atoms with Crippen LogP contribution in [0.4, 0.5) is 0 Å². The van der Waals surface area contributed by atoms with Crippen molar-refractivity contribution in [2.75, 3.05) is 6.61 Å². The van der Waals surface area contributed by atoms with Gasteiger partial charge in [-0.3, -0.25) is 0 Å². The van der Waals surface area contributed by atoms with Crippen molar-refractivity contribution in [1.82, 2.24) is 0 Å². The van der Waals surface area contributed by atoms with Gasteiger partial charge in [0.25, 0.3) is 0 Å². The number of rotatable bonds is 6. The average molecular weight is 236 g/mol. The number of phenolic OH excluding ortho intramolecular Hbond substituents is 1. The molecular formula is C15H24O2. The van der Waals surface area contributed by atoms with Gasteiger partial charge in [-0.15, -0.1) is 0 Å². The first-order chi connectivity index (χ1) is 8.15. The molecule has 0 heterocycles. The van der Waals surface area contributed by atoms with Crippen molar-refractivity contribution in [3.8, 4) is 11.5 Å². The molecule has 0 atom stereocenters. The summed E-state index contributed by atoms with van der Waals surface area (Å²) >= 11 is 0. The molecule has 1 aromatic rings. The lowest BCUT2D eigenvalue weighted by Gasteiger charge is -2.17. The van der Waals surface area contributed by atoms with Gasteiger partial charge in [0.2, 0.25) is 0 Å². The second kappa shape index (κ2) is 6.53. The highest BCUT2D eigenvalue weighted by molar-refractivity contribution is 5.52. The molecule has 0 aliphatic heterocycles. The number of unbranched alkanes of at least 4 members (excludes halogenated alkanes) is 1. The second-order valence-corrected chi connectivity index (χ2v) is 4.40. The number of ether oxygens (including phenoxy) is 1. The van der Waals surface area contributed by atoms with Gasteiger partial charge in [0.15, 0.2) is 0 Å². The molecule has 1 rings (SSSR count). The van der Waals surface area contributed by atoms with Crippen LogP contribution >= 0.6 is 0 Å². The molecule has 0 bridgehead atoms. The molecule has 0 spiro atoms. The van der Waals surface area contributed by atoms with Crippen molar-refractivity contribution in [3.05, 3.63) is 22.8 Å². The second-order valence-electron chi connectivity index (χ2n) is 4.40. The third-order valence-electron chi connectivity index (χ3n) is 3.18. The Labute approximate surface area is 105 Å². The van der Waals surface area contributed by atoms with Crippen LogP contribution in [-0.4, -0.2) is 11.7 Å². The van der Waals surface area contributed by atoms with Gasteiger partial charge in [-0.2, -0.15) is 0 Å². The lowest BCUT2D eigenvalue weighted by atomic mass is 9.99. The first kappa shape index (κ1) is 13.9. The molecule has 96 valence electrons. The van der Waals surface area contributed by atoms with E-state index in [1.807, 2.05) is 13.0 Å². The summed E-state index contributed by atoms with van der Waals surface area (Å²) in [6, 6.07) is 1.85. The molecule has 0 fully saturated rings. The number of benzene rings is 1. The van der Waals surface area contributed by atoms with E-state index in [1.165, 1.54) is 0 Å². The molecule has 0 aliphatic carbocycles. The maximum atomic E-state index is 9.94. The summed E-state index contributed by atoms with van der Waals surface area (Å²) in [4.78, 5) is 0. The smallest absolute Gasteiger partial charge is 0.125 e. The van der Waals surface area contributed by atoms with Gasteiger partial charge in [-0.1, -0.05) is 27.2 Å². The van der Waals surface area contributed by atoms with E-state index in [4.69, 9.17) is 4.74 Å². The maximum absolute atomic E-state index is 9.94. The fourth-order valence-electron chi connectivity index (χ4n) is 2.12. The van der Waals surface area contributed by atoms with E-state index in [2.05, 4.69) is 20.8 Å².